The van der Waals surface area contributed by atoms with E-state index in [1.807, 2.05) is 24.3 Å². The van der Waals surface area contributed by atoms with Gasteiger partial charge in [0.25, 0.3) is 0 Å². The molecule has 26 heavy (non-hydrogen) atoms. The predicted molar refractivity (Wildman–Crippen MR) is 98.9 cm³/mol. The molecule has 2 fully saturated rings. The van der Waals surface area contributed by atoms with E-state index in [1.165, 1.54) is 35.1 Å². The van der Waals surface area contributed by atoms with Gasteiger partial charge in [0, 0.05) is 18.4 Å². The summed E-state index contributed by atoms with van der Waals surface area (Å²) in [5.41, 5.74) is 4.90. The van der Waals surface area contributed by atoms with Gasteiger partial charge < -0.3 is 14.7 Å². The van der Waals surface area contributed by atoms with Gasteiger partial charge in [0.1, 0.15) is 6.61 Å². The maximum absolute atomic E-state index is 12.6. The summed E-state index contributed by atoms with van der Waals surface area (Å²) in [7, 11) is 0. The number of rotatable bonds is 3. The van der Waals surface area contributed by atoms with Crippen molar-refractivity contribution in [1.82, 2.24) is 4.90 Å². The highest BCUT2D eigenvalue weighted by Gasteiger charge is 2.43. The summed E-state index contributed by atoms with van der Waals surface area (Å²) in [6.07, 6.45) is 1.66. The van der Waals surface area contributed by atoms with Crippen LogP contribution in [0, 0.1) is 11.8 Å². The van der Waals surface area contributed by atoms with Gasteiger partial charge in [0.2, 0.25) is 0 Å². The number of fused-ring (bicyclic) bond motifs is 3. The standard InChI is InChI=1S/C22H23NO3/c24-21-12-23(11-19(21)14-9-10-14)22(25)26-13-20-17-7-3-1-5-15(17)16-6-2-4-8-18(16)20/h1-8,14,19-21,24H,9-13H2/t19-,21+/m0/s1. The highest BCUT2D eigenvalue weighted by Crippen LogP contribution is 2.45. The van der Waals surface area contributed by atoms with Crippen molar-refractivity contribution in [2.45, 2.75) is 24.9 Å². The molecule has 2 aromatic rings. The van der Waals surface area contributed by atoms with E-state index < -0.39 is 6.10 Å². The molecule has 1 amide bonds. The molecule has 5 rings (SSSR count). The molecule has 1 N–H and O–H groups in total. The summed E-state index contributed by atoms with van der Waals surface area (Å²) >= 11 is 0. The summed E-state index contributed by atoms with van der Waals surface area (Å²) in [6.45, 7) is 1.37. The number of likely N-dealkylation sites (tertiary alicyclic amines) is 1. The van der Waals surface area contributed by atoms with Crippen LogP contribution in [0.5, 0.6) is 0 Å². The third-order valence-corrected chi connectivity index (χ3v) is 6.15. The minimum absolute atomic E-state index is 0.0816. The normalized spacial score (nSPS) is 24.4. The first-order valence-electron chi connectivity index (χ1n) is 9.50. The highest BCUT2D eigenvalue weighted by molar-refractivity contribution is 5.79. The smallest absolute Gasteiger partial charge is 0.409 e. The van der Waals surface area contributed by atoms with E-state index in [0.717, 1.165) is 0 Å². The van der Waals surface area contributed by atoms with Gasteiger partial charge in [-0.25, -0.2) is 4.79 Å². The Morgan fingerprint density at radius 3 is 2.23 bits per heavy atom. The molecule has 0 bridgehead atoms. The molecule has 0 spiro atoms. The Balaban J connectivity index is 1.30. The van der Waals surface area contributed by atoms with Crippen LogP contribution < -0.4 is 0 Å². The Labute approximate surface area is 153 Å². The molecule has 1 heterocycles. The van der Waals surface area contributed by atoms with Crippen LogP contribution in [0.1, 0.15) is 29.9 Å². The van der Waals surface area contributed by atoms with Crippen LogP contribution in [-0.4, -0.2) is 41.9 Å². The lowest BCUT2D eigenvalue weighted by molar-refractivity contribution is 0.0995. The zero-order chi connectivity index (χ0) is 17.7. The molecule has 0 radical (unpaired) electrons. The zero-order valence-corrected chi connectivity index (χ0v) is 14.7. The van der Waals surface area contributed by atoms with Gasteiger partial charge in [0.15, 0.2) is 0 Å². The second-order valence-corrected chi connectivity index (χ2v) is 7.78. The van der Waals surface area contributed by atoms with Crippen LogP contribution in [0.2, 0.25) is 0 Å². The summed E-state index contributed by atoms with van der Waals surface area (Å²) in [5, 5.41) is 10.2. The lowest BCUT2D eigenvalue weighted by Crippen LogP contribution is -2.31. The molecule has 1 saturated carbocycles. The second kappa shape index (κ2) is 6.13. The number of hydrogen-bond acceptors (Lipinski definition) is 3. The van der Waals surface area contributed by atoms with Crippen molar-refractivity contribution in [1.29, 1.82) is 0 Å². The van der Waals surface area contributed by atoms with E-state index in [1.54, 1.807) is 4.90 Å². The van der Waals surface area contributed by atoms with Crippen LogP contribution in [0.4, 0.5) is 4.79 Å². The van der Waals surface area contributed by atoms with E-state index in [0.29, 0.717) is 25.6 Å². The van der Waals surface area contributed by atoms with Gasteiger partial charge in [0.05, 0.1) is 12.6 Å². The molecule has 3 aliphatic rings. The minimum Gasteiger partial charge on any atom is -0.448 e. The van der Waals surface area contributed by atoms with Crippen molar-refractivity contribution in [2.24, 2.45) is 11.8 Å². The number of nitrogens with zero attached hydrogens (tertiary/aromatic N) is 1. The predicted octanol–water partition coefficient (Wildman–Crippen LogP) is 3.64. The van der Waals surface area contributed by atoms with Crippen molar-refractivity contribution in [3.63, 3.8) is 0 Å². The monoisotopic (exact) mass is 349 g/mol. The fourth-order valence-corrected chi connectivity index (χ4v) is 4.63. The average Bonchev–Trinajstić information content (AvgIpc) is 3.36. The summed E-state index contributed by atoms with van der Waals surface area (Å²) in [5.74, 6) is 0.907. The lowest BCUT2D eigenvalue weighted by atomic mass is 9.98. The van der Waals surface area contributed by atoms with Crippen LogP contribution in [0.25, 0.3) is 11.1 Å². The lowest BCUT2D eigenvalue weighted by Gasteiger charge is -2.19. The zero-order valence-electron chi connectivity index (χ0n) is 14.7. The number of carbonyl (C=O) groups excluding carboxylic acids is 1. The maximum atomic E-state index is 12.6. The number of ether oxygens (including phenoxy) is 1. The molecule has 1 aliphatic heterocycles. The van der Waals surface area contributed by atoms with E-state index in [9.17, 15) is 9.90 Å². The number of hydrogen-bond donors (Lipinski definition) is 1. The fraction of sp³-hybridized carbons (Fsp3) is 0.409. The first kappa shape index (κ1) is 15.9. The number of aliphatic hydroxyl groups is 1. The topological polar surface area (TPSA) is 49.8 Å². The molecular formula is C22H23NO3. The SMILES string of the molecule is O=C(OCC1c2ccccc2-c2ccccc21)N1C[C@@H](O)[C@H](C2CC2)C1. The average molecular weight is 349 g/mol. The number of carbonyl (C=O) groups is 1. The first-order valence-corrected chi connectivity index (χ1v) is 9.50. The van der Waals surface area contributed by atoms with E-state index in [2.05, 4.69) is 24.3 Å². The molecule has 4 nitrogen and oxygen atoms in total. The number of aliphatic hydroxyl groups excluding tert-OH is 1. The van der Waals surface area contributed by atoms with Crippen molar-refractivity contribution in [2.75, 3.05) is 19.7 Å². The maximum Gasteiger partial charge on any atom is 0.409 e. The summed E-state index contributed by atoms with van der Waals surface area (Å²) < 4.78 is 5.70. The number of β-amino-alcohol motifs (C(OH)–C–C–N with tert-alkyl or cyclic N) is 1. The summed E-state index contributed by atoms with van der Waals surface area (Å²) in [6, 6.07) is 16.7. The van der Waals surface area contributed by atoms with Gasteiger partial charge in [-0.3, -0.25) is 0 Å². The Kier molecular flexibility index (Phi) is 3.75. The third kappa shape index (κ3) is 2.60. The van der Waals surface area contributed by atoms with Crippen molar-refractivity contribution in [3.8, 4) is 11.1 Å². The van der Waals surface area contributed by atoms with Crippen LogP contribution in [0.3, 0.4) is 0 Å². The Morgan fingerprint density at radius 1 is 1.00 bits per heavy atom. The van der Waals surface area contributed by atoms with Gasteiger partial charge >= 0.3 is 6.09 Å². The van der Waals surface area contributed by atoms with E-state index >= 15 is 0 Å². The largest absolute Gasteiger partial charge is 0.448 e. The molecule has 0 unspecified atom stereocenters. The highest BCUT2D eigenvalue weighted by atomic mass is 16.6. The molecule has 0 aromatic heterocycles. The molecular weight excluding hydrogens is 326 g/mol. The molecule has 134 valence electrons. The van der Waals surface area contributed by atoms with Crippen molar-refractivity contribution >= 4 is 6.09 Å². The second-order valence-electron chi connectivity index (χ2n) is 7.78. The Bertz CT molecular complexity index is 799. The van der Waals surface area contributed by atoms with Crippen molar-refractivity contribution < 1.29 is 14.6 Å². The van der Waals surface area contributed by atoms with Gasteiger partial charge in [-0.1, -0.05) is 48.5 Å². The van der Waals surface area contributed by atoms with Crippen LogP contribution in [0.15, 0.2) is 48.5 Å². The third-order valence-electron chi connectivity index (χ3n) is 6.15. The van der Waals surface area contributed by atoms with Crippen LogP contribution >= 0.6 is 0 Å². The minimum atomic E-state index is -0.400. The Hall–Kier alpha value is -2.33. The first-order chi connectivity index (χ1) is 12.7. The molecule has 2 aliphatic carbocycles. The van der Waals surface area contributed by atoms with E-state index in [-0.39, 0.29) is 17.9 Å². The number of benzene rings is 2. The number of amides is 1. The summed E-state index contributed by atoms with van der Waals surface area (Å²) in [4.78, 5) is 14.2. The van der Waals surface area contributed by atoms with Gasteiger partial charge in [-0.05, 0) is 41.0 Å². The fourth-order valence-electron chi connectivity index (χ4n) is 4.63. The van der Waals surface area contributed by atoms with Gasteiger partial charge in [-0.15, -0.1) is 0 Å². The van der Waals surface area contributed by atoms with Crippen LogP contribution in [-0.2, 0) is 4.74 Å². The van der Waals surface area contributed by atoms with Gasteiger partial charge in [-0.2, -0.15) is 0 Å². The van der Waals surface area contributed by atoms with E-state index in [4.69, 9.17) is 4.74 Å². The molecule has 2 aromatic carbocycles. The van der Waals surface area contributed by atoms with Crippen molar-refractivity contribution in [3.05, 3.63) is 59.7 Å². The molecule has 4 heteroatoms. The quantitative estimate of drug-likeness (QED) is 0.920. The Morgan fingerprint density at radius 2 is 1.62 bits per heavy atom. The molecule has 2 atom stereocenters. The molecule has 1 saturated heterocycles.